The number of carbonyl (C=O) groups is 1. The number of benzene rings is 3. The molecule has 1 aliphatic heterocycles. The molecule has 0 spiro atoms. The molecule has 8 heteroatoms. The number of nitrogens with zero attached hydrogens (tertiary/aromatic N) is 1. The molecule has 0 saturated heterocycles. The molecule has 1 unspecified atom stereocenters. The summed E-state index contributed by atoms with van der Waals surface area (Å²) in [5.74, 6) is -0.0496. The third-order valence-electron chi connectivity index (χ3n) is 5.56. The smallest absolute Gasteiger partial charge is 0.229 e. The van der Waals surface area contributed by atoms with Crippen molar-refractivity contribution in [3.05, 3.63) is 83.7 Å². The fourth-order valence-electron chi connectivity index (χ4n) is 3.91. The maximum Gasteiger partial charge on any atom is 0.229 e. The third-order valence-corrected chi connectivity index (χ3v) is 7.71. The molecule has 0 N–H and O–H groups in total. The van der Waals surface area contributed by atoms with E-state index in [0.717, 1.165) is 0 Å². The number of carbonyl (C=O) groups excluding carboxylic acids is 1. The van der Waals surface area contributed by atoms with Crippen molar-refractivity contribution in [1.29, 1.82) is 0 Å². The SMILES string of the molecule is COc1ccc(C2CC(=O)N(Cc3ccccc3F)c3ccccc3S2(=O)=O)cc1OC. The van der Waals surface area contributed by atoms with E-state index in [0.29, 0.717) is 22.6 Å². The number of methoxy groups -OCH3 is 2. The van der Waals surface area contributed by atoms with Crippen molar-refractivity contribution in [3.63, 3.8) is 0 Å². The van der Waals surface area contributed by atoms with Gasteiger partial charge in [0.05, 0.1) is 36.6 Å². The van der Waals surface area contributed by atoms with Gasteiger partial charge in [0, 0.05) is 12.0 Å². The third kappa shape index (κ3) is 3.82. The summed E-state index contributed by atoms with van der Waals surface area (Å²) in [5.41, 5.74) is 0.958. The van der Waals surface area contributed by atoms with Crippen LogP contribution in [0.5, 0.6) is 11.5 Å². The molecular formula is C24H22FNO5S. The molecule has 1 heterocycles. The van der Waals surface area contributed by atoms with Crippen LogP contribution < -0.4 is 14.4 Å². The number of sulfone groups is 1. The summed E-state index contributed by atoms with van der Waals surface area (Å²) in [4.78, 5) is 14.7. The Morgan fingerprint density at radius 1 is 0.969 bits per heavy atom. The molecule has 0 fully saturated rings. The van der Waals surface area contributed by atoms with Crippen molar-refractivity contribution in [1.82, 2.24) is 0 Å². The Labute approximate surface area is 186 Å². The van der Waals surface area contributed by atoms with Crippen LogP contribution in [0.15, 0.2) is 71.6 Å². The highest BCUT2D eigenvalue weighted by molar-refractivity contribution is 7.92. The van der Waals surface area contributed by atoms with Crippen LogP contribution in [0.4, 0.5) is 10.1 Å². The zero-order valence-corrected chi connectivity index (χ0v) is 18.4. The largest absolute Gasteiger partial charge is 0.493 e. The number of anilines is 1. The lowest BCUT2D eigenvalue weighted by Crippen LogP contribution is -2.30. The first-order valence-electron chi connectivity index (χ1n) is 9.95. The summed E-state index contributed by atoms with van der Waals surface area (Å²) in [7, 11) is -0.993. The van der Waals surface area contributed by atoms with Gasteiger partial charge < -0.3 is 14.4 Å². The minimum Gasteiger partial charge on any atom is -0.493 e. The molecule has 32 heavy (non-hydrogen) atoms. The summed E-state index contributed by atoms with van der Waals surface area (Å²) in [5, 5.41) is -1.12. The molecule has 0 aliphatic carbocycles. The van der Waals surface area contributed by atoms with Crippen LogP contribution in [0.2, 0.25) is 0 Å². The number of halogens is 1. The standard InChI is InChI=1S/C24H22FNO5S/c1-30-20-12-11-16(13-21(20)31-2)23-14-24(27)26(15-17-7-3-4-8-18(17)25)19-9-5-6-10-22(19)32(23,28)29/h3-13,23H,14-15H2,1-2H3. The summed E-state index contributed by atoms with van der Waals surface area (Å²) >= 11 is 0. The maximum atomic E-state index is 14.3. The van der Waals surface area contributed by atoms with Crippen LogP contribution in [-0.4, -0.2) is 28.5 Å². The van der Waals surface area contributed by atoms with Gasteiger partial charge in [0.2, 0.25) is 5.91 Å². The average molecular weight is 456 g/mol. The molecule has 0 aromatic heterocycles. The highest BCUT2D eigenvalue weighted by Gasteiger charge is 2.39. The molecule has 0 saturated carbocycles. The Morgan fingerprint density at radius 2 is 1.66 bits per heavy atom. The van der Waals surface area contributed by atoms with E-state index in [9.17, 15) is 17.6 Å². The molecule has 166 valence electrons. The number of amides is 1. The summed E-state index contributed by atoms with van der Waals surface area (Å²) in [6, 6.07) is 17.3. The highest BCUT2D eigenvalue weighted by Crippen LogP contribution is 2.43. The first-order valence-corrected chi connectivity index (χ1v) is 11.5. The monoisotopic (exact) mass is 455 g/mol. The minimum absolute atomic E-state index is 0.0296. The fraction of sp³-hybridized carbons (Fsp3) is 0.208. The van der Waals surface area contributed by atoms with Gasteiger partial charge in [-0.25, -0.2) is 12.8 Å². The molecule has 3 aromatic carbocycles. The Hall–Kier alpha value is -3.39. The number of para-hydroxylation sites is 1. The van der Waals surface area contributed by atoms with Gasteiger partial charge in [-0.3, -0.25) is 4.79 Å². The number of ether oxygens (including phenoxy) is 2. The lowest BCUT2D eigenvalue weighted by molar-refractivity contribution is -0.118. The first kappa shape index (κ1) is 21.8. The van der Waals surface area contributed by atoms with Crippen molar-refractivity contribution in [3.8, 4) is 11.5 Å². The van der Waals surface area contributed by atoms with Gasteiger partial charge in [-0.1, -0.05) is 36.4 Å². The number of fused-ring (bicyclic) bond motifs is 1. The van der Waals surface area contributed by atoms with E-state index in [2.05, 4.69) is 0 Å². The predicted molar refractivity (Wildman–Crippen MR) is 118 cm³/mol. The molecular weight excluding hydrogens is 433 g/mol. The Bertz CT molecular complexity index is 1270. The van der Waals surface area contributed by atoms with Crippen molar-refractivity contribution < 1.29 is 27.1 Å². The predicted octanol–water partition coefficient (Wildman–Crippen LogP) is 4.29. The molecule has 6 nitrogen and oxygen atoms in total. The molecule has 1 amide bonds. The summed E-state index contributed by atoms with van der Waals surface area (Å²) in [6.45, 7) is -0.0727. The molecule has 0 radical (unpaired) electrons. The van der Waals surface area contributed by atoms with Gasteiger partial charge in [-0.05, 0) is 35.9 Å². The molecule has 0 bridgehead atoms. The normalized spacial score (nSPS) is 17.4. The second-order valence-electron chi connectivity index (χ2n) is 7.39. The van der Waals surface area contributed by atoms with Crippen molar-refractivity contribution >= 4 is 21.4 Å². The fourth-order valence-corrected chi connectivity index (χ4v) is 5.82. The van der Waals surface area contributed by atoms with Crippen molar-refractivity contribution in [2.24, 2.45) is 0 Å². The minimum atomic E-state index is -3.94. The second kappa shape index (κ2) is 8.63. The molecule has 3 aromatic rings. The zero-order chi connectivity index (χ0) is 22.9. The van der Waals surface area contributed by atoms with E-state index >= 15 is 0 Å². The van der Waals surface area contributed by atoms with E-state index in [4.69, 9.17) is 9.47 Å². The summed E-state index contributed by atoms with van der Waals surface area (Å²) < 4.78 is 52.2. The first-order chi connectivity index (χ1) is 15.4. The van der Waals surface area contributed by atoms with Crippen molar-refractivity contribution in [2.75, 3.05) is 19.1 Å². The lowest BCUT2D eigenvalue weighted by atomic mass is 10.1. The van der Waals surface area contributed by atoms with E-state index in [1.54, 1.807) is 54.6 Å². The molecule has 1 atom stereocenters. The number of hydrogen-bond donors (Lipinski definition) is 0. The molecule has 1 aliphatic rings. The van der Waals surface area contributed by atoms with Crippen LogP contribution in [0, 0.1) is 5.82 Å². The van der Waals surface area contributed by atoms with E-state index < -0.39 is 26.8 Å². The Balaban J connectivity index is 1.84. The second-order valence-corrected chi connectivity index (χ2v) is 9.49. The Kier molecular flexibility index (Phi) is 5.88. The van der Waals surface area contributed by atoms with Crippen LogP contribution in [0.3, 0.4) is 0 Å². The number of hydrogen-bond acceptors (Lipinski definition) is 5. The zero-order valence-electron chi connectivity index (χ0n) is 17.6. The lowest BCUT2D eigenvalue weighted by Gasteiger charge is -2.22. The van der Waals surface area contributed by atoms with Gasteiger partial charge >= 0.3 is 0 Å². The van der Waals surface area contributed by atoms with Gasteiger partial charge in [-0.15, -0.1) is 0 Å². The maximum absolute atomic E-state index is 14.3. The van der Waals surface area contributed by atoms with Gasteiger partial charge in [0.15, 0.2) is 21.3 Å². The quantitative estimate of drug-likeness (QED) is 0.574. The van der Waals surface area contributed by atoms with Crippen LogP contribution >= 0.6 is 0 Å². The van der Waals surface area contributed by atoms with Crippen molar-refractivity contribution in [2.45, 2.75) is 23.1 Å². The van der Waals surface area contributed by atoms with Gasteiger partial charge in [0.25, 0.3) is 0 Å². The average Bonchev–Trinajstić information content (AvgIpc) is 2.88. The van der Waals surface area contributed by atoms with E-state index in [1.165, 1.54) is 31.3 Å². The van der Waals surface area contributed by atoms with Gasteiger partial charge in [0.1, 0.15) is 5.82 Å². The highest BCUT2D eigenvalue weighted by atomic mass is 32.2. The summed E-state index contributed by atoms with van der Waals surface area (Å²) in [6.07, 6.45) is -0.291. The van der Waals surface area contributed by atoms with Gasteiger partial charge in [-0.2, -0.15) is 0 Å². The van der Waals surface area contributed by atoms with E-state index in [-0.39, 0.29) is 23.5 Å². The van der Waals surface area contributed by atoms with E-state index in [1.807, 2.05) is 0 Å². The topological polar surface area (TPSA) is 72.9 Å². The van der Waals surface area contributed by atoms with Crippen LogP contribution in [0.1, 0.15) is 22.8 Å². The number of rotatable bonds is 5. The Morgan fingerprint density at radius 3 is 2.38 bits per heavy atom. The van der Waals surface area contributed by atoms with Crippen LogP contribution in [-0.2, 0) is 21.2 Å². The molecule has 4 rings (SSSR count). The van der Waals surface area contributed by atoms with Crippen LogP contribution in [0.25, 0.3) is 0 Å².